The molecular formula is C13H17FO4. The van der Waals surface area contributed by atoms with Crippen LogP contribution in [0.5, 0.6) is 5.75 Å². The van der Waals surface area contributed by atoms with Crippen LogP contribution in [0.3, 0.4) is 0 Å². The number of carbonyl (C=O) groups excluding carboxylic acids is 1. The van der Waals surface area contributed by atoms with Crippen molar-refractivity contribution in [1.29, 1.82) is 0 Å². The van der Waals surface area contributed by atoms with Gasteiger partial charge in [0.2, 0.25) is 12.1 Å². The van der Waals surface area contributed by atoms with Crippen molar-refractivity contribution in [2.24, 2.45) is 0 Å². The number of carbonyl (C=O) groups is 1. The van der Waals surface area contributed by atoms with Gasteiger partial charge in [0.05, 0.1) is 12.7 Å². The van der Waals surface area contributed by atoms with E-state index in [-0.39, 0.29) is 5.56 Å². The van der Waals surface area contributed by atoms with Gasteiger partial charge in [-0.15, -0.1) is 0 Å². The molecule has 5 heteroatoms. The molecule has 0 atom stereocenters. The van der Waals surface area contributed by atoms with Gasteiger partial charge in [-0.25, -0.2) is 4.39 Å². The van der Waals surface area contributed by atoms with E-state index in [1.807, 2.05) is 0 Å². The normalized spacial score (nSPS) is 10.7. The number of ketones is 1. The fourth-order valence-corrected chi connectivity index (χ4v) is 1.50. The molecule has 0 aliphatic heterocycles. The second-order valence-electron chi connectivity index (χ2n) is 3.45. The molecule has 0 aliphatic carbocycles. The summed E-state index contributed by atoms with van der Waals surface area (Å²) in [5.41, 5.74) is 0.115. The van der Waals surface area contributed by atoms with Crippen LogP contribution in [0.4, 0.5) is 4.39 Å². The smallest absolute Gasteiger partial charge is 0.222 e. The number of rotatable bonds is 7. The lowest BCUT2D eigenvalue weighted by Gasteiger charge is -2.17. The summed E-state index contributed by atoms with van der Waals surface area (Å²) >= 11 is 0. The largest absolute Gasteiger partial charge is 0.496 e. The van der Waals surface area contributed by atoms with E-state index in [9.17, 15) is 9.18 Å². The minimum Gasteiger partial charge on any atom is -0.496 e. The standard InChI is InChI=1S/C13H17FO4/c1-4-17-13(18-5-2)12(15)10-8-9(14)6-7-11(10)16-3/h6-8,13H,4-5H2,1-3H3. The highest BCUT2D eigenvalue weighted by Gasteiger charge is 2.24. The van der Waals surface area contributed by atoms with Gasteiger partial charge in [0.15, 0.2) is 0 Å². The van der Waals surface area contributed by atoms with Crippen LogP contribution < -0.4 is 4.74 Å². The Kier molecular flexibility index (Phi) is 5.74. The molecule has 18 heavy (non-hydrogen) atoms. The number of hydrogen-bond donors (Lipinski definition) is 0. The summed E-state index contributed by atoms with van der Waals surface area (Å²) in [6.45, 7) is 4.16. The summed E-state index contributed by atoms with van der Waals surface area (Å²) in [4.78, 5) is 12.2. The Balaban J connectivity index is 3.02. The lowest BCUT2D eigenvalue weighted by molar-refractivity contribution is -0.107. The van der Waals surface area contributed by atoms with Gasteiger partial charge < -0.3 is 14.2 Å². The predicted molar refractivity (Wildman–Crippen MR) is 64.3 cm³/mol. The maximum atomic E-state index is 13.2. The molecule has 0 spiro atoms. The molecule has 1 aromatic carbocycles. The fraction of sp³-hybridized carbons (Fsp3) is 0.462. The van der Waals surface area contributed by atoms with Crippen LogP contribution in [0.1, 0.15) is 24.2 Å². The zero-order chi connectivity index (χ0) is 13.5. The lowest BCUT2D eigenvalue weighted by Crippen LogP contribution is -2.28. The van der Waals surface area contributed by atoms with Crippen molar-refractivity contribution < 1.29 is 23.4 Å². The lowest BCUT2D eigenvalue weighted by atomic mass is 10.1. The summed E-state index contributed by atoms with van der Waals surface area (Å²) in [5, 5.41) is 0. The van der Waals surface area contributed by atoms with Crippen LogP contribution in [0.2, 0.25) is 0 Å². The van der Waals surface area contributed by atoms with Crippen molar-refractivity contribution in [1.82, 2.24) is 0 Å². The number of Topliss-reactive ketones (excluding diaryl/α,β-unsaturated/α-hetero) is 1. The second-order valence-corrected chi connectivity index (χ2v) is 3.45. The maximum Gasteiger partial charge on any atom is 0.222 e. The molecule has 0 radical (unpaired) electrons. The molecular weight excluding hydrogens is 239 g/mol. The summed E-state index contributed by atoms with van der Waals surface area (Å²) in [7, 11) is 1.42. The highest BCUT2D eigenvalue weighted by Crippen LogP contribution is 2.22. The van der Waals surface area contributed by atoms with Crippen molar-refractivity contribution in [3.63, 3.8) is 0 Å². The van der Waals surface area contributed by atoms with Gasteiger partial charge in [0, 0.05) is 13.2 Å². The first-order valence-electron chi connectivity index (χ1n) is 5.75. The Labute approximate surface area is 106 Å². The molecule has 0 heterocycles. The minimum absolute atomic E-state index is 0.115. The summed E-state index contributed by atoms with van der Waals surface area (Å²) < 4.78 is 28.6. The Hall–Kier alpha value is -1.46. The number of benzene rings is 1. The molecule has 1 rings (SSSR count). The van der Waals surface area contributed by atoms with E-state index in [2.05, 4.69) is 0 Å². The van der Waals surface area contributed by atoms with Crippen molar-refractivity contribution in [3.05, 3.63) is 29.6 Å². The molecule has 0 fully saturated rings. The molecule has 0 unspecified atom stereocenters. The van der Waals surface area contributed by atoms with E-state index < -0.39 is 17.9 Å². The fourth-order valence-electron chi connectivity index (χ4n) is 1.50. The molecule has 4 nitrogen and oxygen atoms in total. The second kappa shape index (κ2) is 7.08. The average molecular weight is 256 g/mol. The first-order chi connectivity index (χ1) is 8.63. The van der Waals surface area contributed by atoms with Gasteiger partial charge in [-0.3, -0.25) is 4.79 Å². The minimum atomic E-state index is -1.03. The van der Waals surface area contributed by atoms with Gasteiger partial charge in [0.1, 0.15) is 11.6 Å². The van der Waals surface area contributed by atoms with E-state index in [0.717, 1.165) is 6.07 Å². The molecule has 0 saturated heterocycles. The van der Waals surface area contributed by atoms with Crippen molar-refractivity contribution in [3.8, 4) is 5.75 Å². The van der Waals surface area contributed by atoms with Crippen LogP contribution in [-0.4, -0.2) is 32.4 Å². The third-order valence-corrected chi connectivity index (χ3v) is 2.28. The maximum absolute atomic E-state index is 13.2. The molecule has 0 aliphatic rings. The highest BCUT2D eigenvalue weighted by atomic mass is 19.1. The van der Waals surface area contributed by atoms with Crippen LogP contribution >= 0.6 is 0 Å². The molecule has 1 aromatic rings. The van der Waals surface area contributed by atoms with E-state index >= 15 is 0 Å². The van der Waals surface area contributed by atoms with Crippen molar-refractivity contribution >= 4 is 5.78 Å². The number of methoxy groups -OCH3 is 1. The molecule has 0 amide bonds. The number of hydrogen-bond acceptors (Lipinski definition) is 4. The summed E-state index contributed by atoms with van der Waals surface area (Å²) in [6.07, 6.45) is -1.03. The third kappa shape index (κ3) is 3.51. The Morgan fingerprint density at radius 3 is 2.39 bits per heavy atom. The van der Waals surface area contributed by atoms with E-state index in [1.54, 1.807) is 13.8 Å². The van der Waals surface area contributed by atoms with E-state index in [4.69, 9.17) is 14.2 Å². The monoisotopic (exact) mass is 256 g/mol. The highest BCUT2D eigenvalue weighted by molar-refractivity contribution is 6.01. The Morgan fingerprint density at radius 2 is 1.89 bits per heavy atom. The van der Waals surface area contributed by atoms with Gasteiger partial charge >= 0.3 is 0 Å². The predicted octanol–water partition coefficient (Wildman–Crippen LogP) is 2.42. The third-order valence-electron chi connectivity index (χ3n) is 2.28. The molecule has 0 aromatic heterocycles. The molecule has 0 bridgehead atoms. The van der Waals surface area contributed by atoms with Crippen LogP contribution in [0.25, 0.3) is 0 Å². The van der Waals surface area contributed by atoms with Gasteiger partial charge in [0.25, 0.3) is 0 Å². The number of ether oxygens (including phenoxy) is 3. The Morgan fingerprint density at radius 1 is 1.28 bits per heavy atom. The van der Waals surface area contributed by atoms with Gasteiger partial charge in [-0.1, -0.05) is 0 Å². The summed E-state index contributed by atoms with van der Waals surface area (Å²) in [5.74, 6) is -0.660. The summed E-state index contributed by atoms with van der Waals surface area (Å²) in [6, 6.07) is 3.75. The molecule has 0 N–H and O–H groups in total. The quantitative estimate of drug-likeness (QED) is 0.555. The van der Waals surface area contributed by atoms with E-state index in [1.165, 1.54) is 19.2 Å². The first kappa shape index (κ1) is 14.6. The van der Waals surface area contributed by atoms with Crippen LogP contribution in [-0.2, 0) is 9.47 Å². The first-order valence-corrected chi connectivity index (χ1v) is 5.75. The van der Waals surface area contributed by atoms with Crippen molar-refractivity contribution in [2.75, 3.05) is 20.3 Å². The van der Waals surface area contributed by atoms with Gasteiger partial charge in [-0.05, 0) is 32.0 Å². The average Bonchev–Trinajstić information content (AvgIpc) is 2.37. The topological polar surface area (TPSA) is 44.8 Å². The molecule has 0 saturated carbocycles. The van der Waals surface area contributed by atoms with E-state index in [0.29, 0.717) is 19.0 Å². The van der Waals surface area contributed by atoms with Crippen molar-refractivity contribution in [2.45, 2.75) is 20.1 Å². The number of halogens is 1. The van der Waals surface area contributed by atoms with Gasteiger partial charge in [-0.2, -0.15) is 0 Å². The Bertz CT molecular complexity index is 400. The zero-order valence-corrected chi connectivity index (χ0v) is 10.7. The molecule has 100 valence electrons. The SMILES string of the molecule is CCOC(OCC)C(=O)c1cc(F)ccc1OC. The zero-order valence-electron chi connectivity index (χ0n) is 10.7. The van der Waals surface area contributed by atoms with Crippen LogP contribution in [0, 0.1) is 5.82 Å². The van der Waals surface area contributed by atoms with Crippen LogP contribution in [0.15, 0.2) is 18.2 Å².